The van der Waals surface area contributed by atoms with Crippen LogP contribution in [0.5, 0.6) is 11.5 Å². The number of imidazole rings is 1. The third-order valence-electron chi connectivity index (χ3n) is 3.64. The summed E-state index contributed by atoms with van der Waals surface area (Å²) in [6, 6.07) is 5.82. The van der Waals surface area contributed by atoms with E-state index in [1.807, 2.05) is 0 Å². The van der Waals surface area contributed by atoms with Crippen molar-refractivity contribution in [2.45, 2.75) is 11.3 Å². The van der Waals surface area contributed by atoms with Crippen LogP contribution in [0.25, 0.3) is 11.0 Å². The van der Waals surface area contributed by atoms with Crippen molar-refractivity contribution in [1.29, 1.82) is 0 Å². The number of alkyl halides is 3. The molecule has 0 aliphatic heterocycles. The molecule has 0 atom stereocenters. The summed E-state index contributed by atoms with van der Waals surface area (Å²) in [4.78, 5) is 22.4. The van der Waals surface area contributed by atoms with Gasteiger partial charge in [0.05, 0.1) is 31.7 Å². The summed E-state index contributed by atoms with van der Waals surface area (Å²) in [5.74, 6) is 0.697. The maximum absolute atomic E-state index is 12.7. The Labute approximate surface area is 161 Å². The minimum atomic E-state index is -4.54. The topological polar surface area (TPSA) is 89.1 Å². The van der Waals surface area contributed by atoms with Crippen LogP contribution in [0.2, 0.25) is 0 Å². The maximum atomic E-state index is 12.7. The van der Waals surface area contributed by atoms with Crippen LogP contribution in [-0.2, 0) is 11.0 Å². The highest BCUT2D eigenvalue weighted by atomic mass is 32.2. The van der Waals surface area contributed by atoms with Gasteiger partial charge < -0.3 is 19.8 Å². The lowest BCUT2D eigenvalue weighted by molar-refractivity contribution is -0.141. The van der Waals surface area contributed by atoms with E-state index in [0.717, 1.165) is 24.0 Å². The molecule has 0 aliphatic rings. The van der Waals surface area contributed by atoms with Crippen LogP contribution in [-0.4, -0.2) is 40.8 Å². The number of amides is 1. The van der Waals surface area contributed by atoms with Crippen LogP contribution < -0.4 is 14.8 Å². The van der Waals surface area contributed by atoms with E-state index < -0.39 is 11.9 Å². The second-order valence-electron chi connectivity index (χ2n) is 5.53. The average molecular weight is 412 g/mol. The Hall–Kier alpha value is -2.95. The van der Waals surface area contributed by atoms with E-state index in [4.69, 9.17) is 9.47 Å². The van der Waals surface area contributed by atoms with Gasteiger partial charge in [-0.2, -0.15) is 13.2 Å². The van der Waals surface area contributed by atoms with Gasteiger partial charge in [-0.15, -0.1) is 0 Å². The van der Waals surface area contributed by atoms with Crippen LogP contribution in [0, 0.1) is 0 Å². The third kappa shape index (κ3) is 4.47. The number of hydrogen-bond acceptors (Lipinski definition) is 6. The van der Waals surface area contributed by atoms with Crippen LogP contribution >= 0.6 is 11.8 Å². The highest BCUT2D eigenvalue weighted by Gasteiger charge is 2.32. The first kappa shape index (κ1) is 19.8. The first-order chi connectivity index (χ1) is 13.3. The normalized spacial score (nSPS) is 11.5. The van der Waals surface area contributed by atoms with E-state index in [1.54, 1.807) is 18.2 Å². The average Bonchev–Trinajstić information content (AvgIpc) is 3.07. The van der Waals surface area contributed by atoms with E-state index in [2.05, 4.69) is 20.3 Å². The fourth-order valence-corrected chi connectivity index (χ4v) is 3.04. The molecule has 1 aromatic carbocycles. The number of thioether (sulfide) groups is 1. The van der Waals surface area contributed by atoms with Gasteiger partial charge in [0.2, 0.25) is 5.91 Å². The summed E-state index contributed by atoms with van der Waals surface area (Å²) in [6.45, 7) is 0. The Morgan fingerprint density at radius 3 is 2.64 bits per heavy atom. The largest absolute Gasteiger partial charge is 0.493 e. The number of halogens is 3. The van der Waals surface area contributed by atoms with Gasteiger partial charge in [0, 0.05) is 11.8 Å². The van der Waals surface area contributed by atoms with Crippen molar-refractivity contribution in [2.24, 2.45) is 0 Å². The number of aromatic nitrogens is 3. The Bertz CT molecular complexity index is 1010. The molecule has 0 radical (unpaired) electrons. The van der Waals surface area contributed by atoms with E-state index in [9.17, 15) is 18.0 Å². The van der Waals surface area contributed by atoms with Gasteiger partial charge in [0.15, 0.2) is 16.7 Å². The van der Waals surface area contributed by atoms with Gasteiger partial charge in [-0.05, 0) is 18.2 Å². The molecule has 2 heterocycles. The van der Waals surface area contributed by atoms with Crippen LogP contribution in [0.15, 0.2) is 35.6 Å². The molecule has 28 heavy (non-hydrogen) atoms. The first-order valence-electron chi connectivity index (χ1n) is 7.88. The number of H-pyrrole nitrogens is 1. The standard InChI is InChI=1S/C17H15F3N4O3S/c1-26-12-4-3-9(5-13(12)27-2)22-15(25)8-28-16-23-10-6-14(17(18,19)20)21-7-11(10)24-16/h3-7H,8H2,1-2H3,(H,22,25)(H,23,24). The lowest BCUT2D eigenvalue weighted by Crippen LogP contribution is -2.14. The van der Waals surface area contributed by atoms with Gasteiger partial charge in [0.1, 0.15) is 11.2 Å². The van der Waals surface area contributed by atoms with E-state index >= 15 is 0 Å². The van der Waals surface area contributed by atoms with Gasteiger partial charge in [0.25, 0.3) is 0 Å². The molecule has 7 nitrogen and oxygen atoms in total. The molecule has 0 unspecified atom stereocenters. The predicted octanol–water partition coefficient (Wildman–Crippen LogP) is 3.72. The van der Waals surface area contributed by atoms with Crippen molar-refractivity contribution >= 4 is 34.4 Å². The van der Waals surface area contributed by atoms with Crippen LogP contribution in [0.4, 0.5) is 18.9 Å². The Balaban J connectivity index is 1.64. The first-order valence-corrected chi connectivity index (χ1v) is 8.86. The Kier molecular flexibility index (Phi) is 5.63. The number of ether oxygens (including phenoxy) is 2. The van der Waals surface area contributed by atoms with E-state index in [-0.39, 0.29) is 22.7 Å². The molecule has 0 fully saturated rings. The number of pyridine rings is 1. The molecule has 2 aromatic heterocycles. The Morgan fingerprint density at radius 1 is 1.21 bits per heavy atom. The SMILES string of the molecule is COc1ccc(NC(=O)CSc2nc3cnc(C(F)(F)F)cc3[nH]2)cc1OC. The minimum absolute atomic E-state index is 0.00766. The fourth-order valence-electron chi connectivity index (χ4n) is 2.36. The van der Waals surface area contributed by atoms with Crippen molar-refractivity contribution in [2.75, 3.05) is 25.3 Å². The number of nitrogens with one attached hydrogen (secondary N) is 2. The van der Waals surface area contributed by atoms with Crippen molar-refractivity contribution in [3.63, 3.8) is 0 Å². The molecule has 0 aliphatic carbocycles. The van der Waals surface area contributed by atoms with Gasteiger partial charge >= 0.3 is 6.18 Å². The number of nitrogens with zero attached hydrogens (tertiary/aromatic N) is 2. The molecule has 0 spiro atoms. The number of fused-ring (bicyclic) bond motifs is 1. The van der Waals surface area contributed by atoms with Crippen molar-refractivity contribution in [3.8, 4) is 11.5 Å². The van der Waals surface area contributed by atoms with Crippen LogP contribution in [0.1, 0.15) is 5.69 Å². The molecule has 2 N–H and O–H groups in total. The van der Waals surface area contributed by atoms with Crippen molar-refractivity contribution in [3.05, 3.63) is 36.2 Å². The molecule has 11 heteroatoms. The predicted molar refractivity (Wildman–Crippen MR) is 97.8 cm³/mol. The summed E-state index contributed by atoms with van der Waals surface area (Å²) in [5, 5.41) is 3.02. The number of hydrogen-bond donors (Lipinski definition) is 2. The number of benzene rings is 1. The molecule has 1 amide bonds. The lowest BCUT2D eigenvalue weighted by atomic mass is 10.2. The monoisotopic (exact) mass is 412 g/mol. The molecular weight excluding hydrogens is 397 g/mol. The van der Waals surface area contributed by atoms with Crippen molar-refractivity contribution in [1.82, 2.24) is 15.0 Å². The highest BCUT2D eigenvalue weighted by Crippen LogP contribution is 2.31. The lowest BCUT2D eigenvalue weighted by Gasteiger charge is -2.10. The van der Waals surface area contributed by atoms with Gasteiger partial charge in [-0.3, -0.25) is 4.79 Å². The number of carbonyl (C=O) groups excluding carboxylic acids is 1. The Morgan fingerprint density at radius 2 is 1.96 bits per heavy atom. The summed E-state index contributed by atoms with van der Waals surface area (Å²) < 4.78 is 48.4. The number of aromatic amines is 1. The zero-order valence-electron chi connectivity index (χ0n) is 14.8. The molecule has 3 rings (SSSR count). The summed E-state index contributed by atoms with van der Waals surface area (Å²) in [6.07, 6.45) is -3.49. The number of rotatable bonds is 6. The molecule has 0 saturated carbocycles. The maximum Gasteiger partial charge on any atom is 0.433 e. The van der Waals surface area contributed by atoms with Gasteiger partial charge in [-0.1, -0.05) is 11.8 Å². The molecule has 0 saturated heterocycles. The zero-order chi connectivity index (χ0) is 20.3. The van der Waals surface area contributed by atoms with Gasteiger partial charge in [-0.25, -0.2) is 9.97 Å². The van der Waals surface area contributed by atoms with E-state index in [1.165, 1.54) is 14.2 Å². The molecular formula is C17H15F3N4O3S. The summed E-state index contributed by atoms with van der Waals surface area (Å²) >= 11 is 1.06. The highest BCUT2D eigenvalue weighted by molar-refractivity contribution is 7.99. The van der Waals surface area contributed by atoms with E-state index in [0.29, 0.717) is 22.3 Å². The summed E-state index contributed by atoms with van der Waals surface area (Å²) in [5.41, 5.74) is -0.000746. The fraction of sp³-hybridized carbons (Fsp3) is 0.235. The third-order valence-corrected chi connectivity index (χ3v) is 4.52. The van der Waals surface area contributed by atoms with Crippen molar-refractivity contribution < 1.29 is 27.4 Å². The molecule has 148 valence electrons. The molecule has 0 bridgehead atoms. The molecule has 3 aromatic rings. The number of carbonyl (C=O) groups is 1. The second kappa shape index (κ2) is 7.97. The quantitative estimate of drug-likeness (QED) is 0.600. The minimum Gasteiger partial charge on any atom is -0.493 e. The zero-order valence-corrected chi connectivity index (χ0v) is 15.6. The number of methoxy groups -OCH3 is 2. The smallest absolute Gasteiger partial charge is 0.433 e. The summed E-state index contributed by atoms with van der Waals surface area (Å²) in [7, 11) is 2.99. The number of anilines is 1. The van der Waals surface area contributed by atoms with Crippen LogP contribution in [0.3, 0.4) is 0 Å². The second-order valence-corrected chi connectivity index (χ2v) is 6.50.